The summed E-state index contributed by atoms with van der Waals surface area (Å²) < 4.78 is 6.21. The maximum atomic E-state index is 12.9. The predicted octanol–water partition coefficient (Wildman–Crippen LogP) is 3.89. The minimum atomic E-state index is -0.507. The minimum absolute atomic E-state index is 0.00630. The number of H-pyrrole nitrogens is 1. The number of anilines is 1. The number of aromatic hydroxyl groups is 1. The number of benzene rings is 1. The van der Waals surface area contributed by atoms with Crippen molar-refractivity contribution in [3.05, 3.63) is 44.7 Å². The third-order valence-corrected chi connectivity index (χ3v) is 7.74. The maximum Gasteiger partial charge on any atom is 0.255 e. The third-order valence-electron chi connectivity index (χ3n) is 4.85. The van der Waals surface area contributed by atoms with Gasteiger partial charge in [-0.05, 0) is 31.4 Å². The number of ether oxygens (including phenoxy) is 1. The van der Waals surface area contributed by atoms with E-state index in [4.69, 9.17) is 16.3 Å². The standard InChI is InChI=1S/C21H20ClN3O5S2/c1-9-5-12(14(30-2)6-11(9)22)24-16(28)8-31-21-17(20(29)23-10-3-4-10)18-19(32-21)13(26)7-15(27)25-18/h5-7,10H,3-4,8H2,1-2H3,(H,23,29)(H,24,28)(H2,25,26,27). The number of pyridine rings is 1. The summed E-state index contributed by atoms with van der Waals surface area (Å²) in [6.07, 6.45) is 1.81. The van der Waals surface area contributed by atoms with E-state index in [2.05, 4.69) is 15.6 Å². The number of carbonyl (C=O) groups excluding carboxylic acids is 2. The number of aromatic nitrogens is 1. The van der Waals surface area contributed by atoms with Gasteiger partial charge in [0.05, 0.1) is 38.5 Å². The van der Waals surface area contributed by atoms with Gasteiger partial charge in [-0.15, -0.1) is 23.1 Å². The molecule has 2 aromatic heterocycles. The van der Waals surface area contributed by atoms with Gasteiger partial charge in [0.25, 0.3) is 11.5 Å². The number of carbonyl (C=O) groups is 2. The van der Waals surface area contributed by atoms with Gasteiger partial charge in [-0.1, -0.05) is 11.6 Å². The number of aryl methyl sites for hydroxylation is 1. The molecule has 1 aliphatic rings. The number of hydrogen-bond acceptors (Lipinski definition) is 7. The molecule has 1 fully saturated rings. The minimum Gasteiger partial charge on any atom is -0.506 e. The number of fused-ring (bicyclic) bond motifs is 1. The number of halogens is 1. The molecule has 32 heavy (non-hydrogen) atoms. The molecule has 2 heterocycles. The van der Waals surface area contributed by atoms with E-state index in [0.29, 0.717) is 25.4 Å². The highest BCUT2D eigenvalue weighted by Gasteiger charge is 2.28. The molecule has 0 atom stereocenters. The first-order chi connectivity index (χ1) is 15.3. The average Bonchev–Trinajstić information content (AvgIpc) is 3.46. The Morgan fingerprint density at radius 2 is 2.09 bits per heavy atom. The lowest BCUT2D eigenvalue weighted by Crippen LogP contribution is -2.26. The first-order valence-electron chi connectivity index (χ1n) is 9.73. The Morgan fingerprint density at radius 1 is 1.34 bits per heavy atom. The van der Waals surface area contributed by atoms with Crippen molar-refractivity contribution in [3.8, 4) is 11.5 Å². The van der Waals surface area contributed by atoms with Crippen LogP contribution in [0.3, 0.4) is 0 Å². The van der Waals surface area contributed by atoms with Crippen LogP contribution in [0.2, 0.25) is 5.02 Å². The van der Waals surface area contributed by atoms with Crippen LogP contribution in [0.25, 0.3) is 10.2 Å². The van der Waals surface area contributed by atoms with Crippen LogP contribution in [0.1, 0.15) is 28.8 Å². The van der Waals surface area contributed by atoms with Gasteiger partial charge in [-0.25, -0.2) is 0 Å². The molecular weight excluding hydrogens is 474 g/mol. The Balaban J connectivity index is 1.58. The highest BCUT2D eigenvalue weighted by atomic mass is 35.5. The zero-order valence-electron chi connectivity index (χ0n) is 17.2. The van der Waals surface area contributed by atoms with Crippen molar-refractivity contribution in [2.24, 2.45) is 0 Å². The van der Waals surface area contributed by atoms with E-state index in [0.717, 1.165) is 47.6 Å². The van der Waals surface area contributed by atoms with E-state index >= 15 is 0 Å². The van der Waals surface area contributed by atoms with Crippen LogP contribution < -0.4 is 20.9 Å². The molecule has 1 aliphatic carbocycles. The number of hydrogen-bond donors (Lipinski definition) is 4. The number of aromatic amines is 1. The monoisotopic (exact) mass is 493 g/mol. The van der Waals surface area contributed by atoms with Crippen LogP contribution in [-0.4, -0.2) is 40.8 Å². The second-order valence-corrected chi connectivity index (χ2v) is 10.0. The molecule has 0 aliphatic heterocycles. The summed E-state index contributed by atoms with van der Waals surface area (Å²) >= 11 is 8.43. The first kappa shape index (κ1) is 22.5. The zero-order chi connectivity index (χ0) is 23.0. The molecule has 8 nitrogen and oxygen atoms in total. The Morgan fingerprint density at radius 3 is 2.78 bits per heavy atom. The molecule has 3 aromatic rings. The number of thiophene rings is 1. The normalized spacial score (nSPS) is 13.2. The summed E-state index contributed by atoms with van der Waals surface area (Å²) in [6, 6.07) is 4.53. The van der Waals surface area contributed by atoms with E-state index in [-0.39, 0.29) is 40.4 Å². The topological polar surface area (TPSA) is 121 Å². The highest BCUT2D eigenvalue weighted by molar-refractivity contribution is 8.02. The molecule has 4 N–H and O–H groups in total. The number of methoxy groups -OCH3 is 1. The summed E-state index contributed by atoms with van der Waals surface area (Å²) in [4.78, 5) is 40.0. The number of thioether (sulfide) groups is 1. The molecule has 2 amide bonds. The Bertz CT molecular complexity index is 1280. The second-order valence-electron chi connectivity index (χ2n) is 7.37. The summed E-state index contributed by atoms with van der Waals surface area (Å²) in [5.41, 5.74) is 1.31. The fourth-order valence-corrected chi connectivity index (χ4v) is 5.49. The van der Waals surface area contributed by atoms with Crippen LogP contribution in [0, 0.1) is 6.92 Å². The van der Waals surface area contributed by atoms with Gasteiger partial charge in [-0.2, -0.15) is 0 Å². The molecular formula is C21H20ClN3O5S2. The second kappa shape index (κ2) is 9.05. The average molecular weight is 494 g/mol. The van der Waals surface area contributed by atoms with Gasteiger partial charge in [-0.3, -0.25) is 14.4 Å². The van der Waals surface area contributed by atoms with Crippen molar-refractivity contribution in [1.29, 1.82) is 0 Å². The van der Waals surface area contributed by atoms with Crippen LogP contribution in [-0.2, 0) is 4.79 Å². The fourth-order valence-electron chi connectivity index (χ4n) is 3.10. The molecule has 0 unspecified atom stereocenters. The van der Waals surface area contributed by atoms with Crippen molar-refractivity contribution in [2.75, 3.05) is 18.2 Å². The van der Waals surface area contributed by atoms with Gasteiger partial charge in [0.1, 0.15) is 11.5 Å². The Hall–Kier alpha value is -2.69. The SMILES string of the molecule is COc1cc(Cl)c(C)cc1NC(=O)CSc1sc2c(O)cc(=O)[nH]c2c1C(=O)NC1CC1. The zero-order valence-corrected chi connectivity index (χ0v) is 19.6. The lowest BCUT2D eigenvalue weighted by molar-refractivity contribution is -0.113. The molecule has 0 bridgehead atoms. The molecule has 4 rings (SSSR count). The van der Waals surface area contributed by atoms with Gasteiger partial charge in [0.2, 0.25) is 5.91 Å². The van der Waals surface area contributed by atoms with Crippen LogP contribution in [0.5, 0.6) is 11.5 Å². The smallest absolute Gasteiger partial charge is 0.255 e. The van der Waals surface area contributed by atoms with Crippen molar-refractivity contribution in [1.82, 2.24) is 10.3 Å². The molecule has 0 radical (unpaired) electrons. The van der Waals surface area contributed by atoms with Gasteiger partial charge in [0, 0.05) is 23.2 Å². The van der Waals surface area contributed by atoms with Crippen LogP contribution >= 0.6 is 34.7 Å². The van der Waals surface area contributed by atoms with Crippen molar-refractivity contribution in [3.63, 3.8) is 0 Å². The van der Waals surface area contributed by atoms with Crippen LogP contribution in [0.15, 0.2) is 27.2 Å². The lowest BCUT2D eigenvalue weighted by Gasteiger charge is -2.12. The largest absolute Gasteiger partial charge is 0.506 e. The van der Waals surface area contributed by atoms with E-state index in [9.17, 15) is 19.5 Å². The van der Waals surface area contributed by atoms with Crippen LogP contribution in [0.4, 0.5) is 5.69 Å². The molecule has 11 heteroatoms. The van der Waals surface area contributed by atoms with Crippen molar-refractivity contribution < 1.29 is 19.4 Å². The first-order valence-corrected chi connectivity index (χ1v) is 11.9. The number of nitrogens with one attached hydrogen (secondary N) is 3. The van der Waals surface area contributed by atoms with Gasteiger partial charge >= 0.3 is 0 Å². The number of amides is 2. The van der Waals surface area contributed by atoms with E-state index in [1.165, 1.54) is 7.11 Å². The summed E-state index contributed by atoms with van der Waals surface area (Å²) in [6.45, 7) is 1.82. The predicted molar refractivity (Wildman–Crippen MR) is 127 cm³/mol. The van der Waals surface area contributed by atoms with E-state index < -0.39 is 5.56 Å². The summed E-state index contributed by atoms with van der Waals surface area (Å²) in [5, 5.41) is 16.4. The number of rotatable bonds is 7. The van der Waals surface area contributed by atoms with E-state index in [1.807, 2.05) is 6.92 Å². The highest BCUT2D eigenvalue weighted by Crippen LogP contribution is 2.41. The van der Waals surface area contributed by atoms with E-state index in [1.54, 1.807) is 12.1 Å². The quantitative estimate of drug-likeness (QED) is 0.370. The summed E-state index contributed by atoms with van der Waals surface area (Å²) in [7, 11) is 1.49. The molecule has 1 saturated carbocycles. The third kappa shape index (κ3) is 4.72. The van der Waals surface area contributed by atoms with Gasteiger partial charge < -0.3 is 25.5 Å². The van der Waals surface area contributed by atoms with Crippen molar-refractivity contribution >= 4 is 62.4 Å². The summed E-state index contributed by atoms with van der Waals surface area (Å²) in [5.74, 6) is -0.400. The Labute approximate surface area is 196 Å². The Kier molecular flexibility index (Phi) is 6.36. The molecule has 0 saturated heterocycles. The molecule has 0 spiro atoms. The molecule has 1 aromatic carbocycles. The maximum absolute atomic E-state index is 12.9. The lowest BCUT2D eigenvalue weighted by atomic mass is 10.2. The van der Waals surface area contributed by atoms with Gasteiger partial charge in [0.15, 0.2) is 0 Å². The fraction of sp³-hybridized carbons (Fsp3) is 0.286. The molecule has 168 valence electrons. The van der Waals surface area contributed by atoms with Crippen molar-refractivity contribution in [2.45, 2.75) is 30.0 Å².